The normalized spacial score (nSPS) is 11.3. The molecule has 0 radical (unpaired) electrons. The highest BCUT2D eigenvalue weighted by atomic mass is 32.2. The van der Waals surface area contributed by atoms with Gasteiger partial charge in [0.25, 0.3) is 0 Å². The zero-order chi connectivity index (χ0) is 18.7. The highest BCUT2D eigenvalue weighted by Gasteiger charge is 2.11. The number of nitrogens with two attached hydrogens (primary N) is 1. The molecule has 0 atom stereocenters. The standard InChI is InChI=1S/C22H26N2OS/c1-14(2)26-21-9-8-20(15(3)16(21)4)25-22-10-6-18-13-17(11-12-23)5-7-19(18)24-22/h5-10,13-14H,11-12,23H2,1-4H3. The fourth-order valence-corrected chi connectivity index (χ4v) is 3.90. The Balaban J connectivity index is 1.86. The second kappa shape index (κ2) is 8.11. The average molecular weight is 367 g/mol. The number of ether oxygens (including phenoxy) is 1. The number of hydrogen-bond acceptors (Lipinski definition) is 4. The van der Waals surface area contributed by atoms with Crippen LogP contribution < -0.4 is 10.5 Å². The largest absolute Gasteiger partial charge is 0.439 e. The lowest BCUT2D eigenvalue weighted by atomic mass is 10.1. The zero-order valence-corrected chi connectivity index (χ0v) is 16.7. The Morgan fingerprint density at radius 3 is 2.58 bits per heavy atom. The minimum Gasteiger partial charge on any atom is -0.439 e. The summed E-state index contributed by atoms with van der Waals surface area (Å²) in [6.07, 6.45) is 0.882. The van der Waals surface area contributed by atoms with E-state index in [9.17, 15) is 0 Å². The van der Waals surface area contributed by atoms with Gasteiger partial charge in [-0.3, -0.25) is 0 Å². The molecule has 4 heteroatoms. The molecule has 2 aromatic carbocycles. The monoisotopic (exact) mass is 366 g/mol. The van der Waals surface area contributed by atoms with Crippen LogP contribution in [0, 0.1) is 13.8 Å². The smallest absolute Gasteiger partial charge is 0.219 e. The van der Waals surface area contributed by atoms with Crippen molar-refractivity contribution < 1.29 is 4.74 Å². The van der Waals surface area contributed by atoms with Crippen molar-refractivity contribution in [1.82, 2.24) is 4.98 Å². The van der Waals surface area contributed by atoms with Crippen LogP contribution in [0.25, 0.3) is 10.9 Å². The molecule has 0 bridgehead atoms. The lowest BCUT2D eigenvalue weighted by molar-refractivity contribution is 0.460. The van der Waals surface area contributed by atoms with Crippen molar-refractivity contribution in [2.24, 2.45) is 5.73 Å². The summed E-state index contributed by atoms with van der Waals surface area (Å²) in [5.74, 6) is 1.48. The van der Waals surface area contributed by atoms with E-state index in [2.05, 4.69) is 56.9 Å². The lowest BCUT2D eigenvalue weighted by Crippen LogP contribution is -2.02. The van der Waals surface area contributed by atoms with Gasteiger partial charge in [0.2, 0.25) is 5.88 Å². The zero-order valence-electron chi connectivity index (χ0n) is 15.9. The fraction of sp³-hybridized carbons (Fsp3) is 0.318. The van der Waals surface area contributed by atoms with Crippen molar-refractivity contribution in [2.75, 3.05) is 6.54 Å². The number of thioether (sulfide) groups is 1. The van der Waals surface area contributed by atoms with Crippen LogP contribution in [0.5, 0.6) is 11.6 Å². The van der Waals surface area contributed by atoms with E-state index in [4.69, 9.17) is 10.5 Å². The summed E-state index contributed by atoms with van der Waals surface area (Å²) in [6.45, 7) is 9.34. The van der Waals surface area contributed by atoms with Gasteiger partial charge in [0.05, 0.1) is 5.52 Å². The average Bonchev–Trinajstić information content (AvgIpc) is 2.61. The summed E-state index contributed by atoms with van der Waals surface area (Å²) in [4.78, 5) is 5.96. The quantitative estimate of drug-likeness (QED) is 0.573. The molecular formula is C22H26N2OS. The highest BCUT2D eigenvalue weighted by Crippen LogP contribution is 2.34. The first-order valence-electron chi connectivity index (χ1n) is 9.02. The minimum atomic E-state index is 0.561. The topological polar surface area (TPSA) is 48.1 Å². The van der Waals surface area contributed by atoms with Crippen LogP contribution in [-0.4, -0.2) is 16.8 Å². The molecular weight excluding hydrogens is 340 g/mol. The number of nitrogens with zero attached hydrogens (tertiary/aromatic N) is 1. The SMILES string of the molecule is Cc1c(Oc2ccc3cc(CCN)ccc3n2)ccc(SC(C)C)c1C. The number of hydrogen-bond donors (Lipinski definition) is 1. The summed E-state index contributed by atoms with van der Waals surface area (Å²) in [6, 6.07) is 14.4. The maximum Gasteiger partial charge on any atom is 0.219 e. The summed E-state index contributed by atoms with van der Waals surface area (Å²) in [5, 5.41) is 1.67. The number of pyridine rings is 1. The molecule has 0 saturated heterocycles. The molecule has 3 nitrogen and oxygen atoms in total. The Morgan fingerprint density at radius 1 is 1.04 bits per heavy atom. The molecule has 1 aromatic heterocycles. The van der Waals surface area contributed by atoms with Crippen LogP contribution in [0.15, 0.2) is 47.4 Å². The molecule has 136 valence electrons. The minimum absolute atomic E-state index is 0.561. The third-order valence-electron chi connectivity index (χ3n) is 4.43. The van der Waals surface area contributed by atoms with Crippen molar-refractivity contribution in [1.29, 1.82) is 0 Å². The molecule has 0 aliphatic heterocycles. The van der Waals surface area contributed by atoms with E-state index in [0.717, 1.165) is 28.6 Å². The molecule has 0 unspecified atom stereocenters. The first kappa shape index (κ1) is 18.7. The molecule has 0 fully saturated rings. The molecule has 0 aliphatic rings. The van der Waals surface area contributed by atoms with Crippen LogP contribution in [0.1, 0.15) is 30.5 Å². The van der Waals surface area contributed by atoms with E-state index in [-0.39, 0.29) is 0 Å². The second-order valence-corrected chi connectivity index (χ2v) is 8.41. The molecule has 0 spiro atoms. The van der Waals surface area contributed by atoms with Crippen molar-refractivity contribution >= 4 is 22.7 Å². The van der Waals surface area contributed by atoms with E-state index < -0.39 is 0 Å². The van der Waals surface area contributed by atoms with Gasteiger partial charge in [-0.25, -0.2) is 4.98 Å². The Bertz CT molecular complexity index is 921. The summed E-state index contributed by atoms with van der Waals surface area (Å²) < 4.78 is 6.10. The van der Waals surface area contributed by atoms with Crippen molar-refractivity contribution in [3.8, 4) is 11.6 Å². The maximum absolute atomic E-state index is 6.10. The Hall–Kier alpha value is -2.04. The Labute approximate surface area is 160 Å². The molecule has 0 aliphatic carbocycles. The van der Waals surface area contributed by atoms with Gasteiger partial charge in [-0.1, -0.05) is 19.9 Å². The van der Waals surface area contributed by atoms with Gasteiger partial charge < -0.3 is 10.5 Å². The van der Waals surface area contributed by atoms with Gasteiger partial charge in [-0.05, 0) is 73.8 Å². The van der Waals surface area contributed by atoms with E-state index >= 15 is 0 Å². The van der Waals surface area contributed by atoms with E-state index in [1.54, 1.807) is 0 Å². The van der Waals surface area contributed by atoms with Crippen LogP contribution in [-0.2, 0) is 6.42 Å². The molecule has 3 rings (SSSR count). The predicted octanol–water partition coefficient (Wildman–Crippen LogP) is 5.65. The molecule has 26 heavy (non-hydrogen) atoms. The molecule has 0 saturated carbocycles. The van der Waals surface area contributed by atoms with Gasteiger partial charge in [0.15, 0.2) is 0 Å². The van der Waals surface area contributed by atoms with Gasteiger partial charge in [0, 0.05) is 21.6 Å². The Morgan fingerprint density at radius 2 is 1.85 bits per heavy atom. The van der Waals surface area contributed by atoms with Gasteiger partial charge >= 0.3 is 0 Å². The number of fused-ring (bicyclic) bond motifs is 1. The number of rotatable bonds is 6. The van der Waals surface area contributed by atoms with Crippen molar-refractivity contribution in [2.45, 2.75) is 44.3 Å². The predicted molar refractivity (Wildman–Crippen MR) is 111 cm³/mol. The molecule has 0 amide bonds. The fourth-order valence-electron chi connectivity index (χ4n) is 2.91. The van der Waals surface area contributed by atoms with Crippen molar-refractivity contribution in [3.63, 3.8) is 0 Å². The summed E-state index contributed by atoms with van der Waals surface area (Å²) >= 11 is 1.88. The van der Waals surface area contributed by atoms with Crippen molar-refractivity contribution in [3.05, 3.63) is 59.2 Å². The van der Waals surface area contributed by atoms with Crippen LogP contribution >= 0.6 is 11.8 Å². The molecule has 2 N–H and O–H groups in total. The third-order valence-corrected chi connectivity index (χ3v) is 5.59. The maximum atomic E-state index is 6.10. The highest BCUT2D eigenvalue weighted by molar-refractivity contribution is 8.00. The third kappa shape index (κ3) is 4.19. The number of benzene rings is 2. The Kier molecular flexibility index (Phi) is 5.84. The molecule has 1 heterocycles. The van der Waals surface area contributed by atoms with E-state index in [1.165, 1.54) is 16.0 Å². The van der Waals surface area contributed by atoms with E-state index in [1.807, 2.05) is 30.0 Å². The summed E-state index contributed by atoms with van der Waals surface area (Å²) in [5.41, 5.74) is 10.2. The molecule has 3 aromatic rings. The summed E-state index contributed by atoms with van der Waals surface area (Å²) in [7, 11) is 0. The van der Waals surface area contributed by atoms with Gasteiger partial charge in [-0.2, -0.15) is 0 Å². The first-order chi connectivity index (χ1) is 12.5. The van der Waals surface area contributed by atoms with Crippen LogP contribution in [0.2, 0.25) is 0 Å². The van der Waals surface area contributed by atoms with Gasteiger partial charge in [0.1, 0.15) is 5.75 Å². The lowest BCUT2D eigenvalue weighted by Gasteiger charge is -2.15. The first-order valence-corrected chi connectivity index (χ1v) is 9.90. The van der Waals surface area contributed by atoms with Crippen LogP contribution in [0.4, 0.5) is 0 Å². The van der Waals surface area contributed by atoms with Gasteiger partial charge in [-0.15, -0.1) is 11.8 Å². The number of aromatic nitrogens is 1. The second-order valence-electron chi connectivity index (χ2n) is 6.80. The van der Waals surface area contributed by atoms with E-state index in [0.29, 0.717) is 17.7 Å². The van der Waals surface area contributed by atoms with Crippen LogP contribution in [0.3, 0.4) is 0 Å².